The number of aliphatic carboxylic acids is 1. The van der Waals surface area contributed by atoms with Crippen LogP contribution in [0.5, 0.6) is 5.75 Å². The van der Waals surface area contributed by atoms with Crippen LogP contribution in [0.25, 0.3) is 0 Å². The monoisotopic (exact) mass is 198 g/mol. The molecule has 0 aromatic heterocycles. The summed E-state index contributed by atoms with van der Waals surface area (Å²) in [6.45, 7) is 0. The second kappa shape index (κ2) is 4.77. The molecule has 0 saturated carbocycles. The zero-order valence-corrected chi connectivity index (χ0v) is 7.75. The maximum atomic E-state index is 10.2. The van der Waals surface area contributed by atoms with E-state index in [1.807, 2.05) is 0 Å². The minimum absolute atomic E-state index is 0.112. The van der Waals surface area contributed by atoms with Gasteiger partial charge in [0.15, 0.2) is 0 Å². The van der Waals surface area contributed by atoms with Crippen molar-refractivity contribution >= 4 is 17.7 Å². The van der Waals surface area contributed by atoms with Crippen LogP contribution in [0.4, 0.5) is 0 Å². The molecular weight excluding hydrogens is 188 g/mol. The van der Waals surface area contributed by atoms with Gasteiger partial charge in [-0.2, -0.15) is 0 Å². The Morgan fingerprint density at radius 1 is 1.31 bits per heavy atom. The van der Waals surface area contributed by atoms with E-state index in [-0.39, 0.29) is 11.5 Å². The highest BCUT2D eigenvalue weighted by atomic mass is 32.2. The summed E-state index contributed by atoms with van der Waals surface area (Å²) in [7, 11) is 0. The Hall–Kier alpha value is -1.16. The maximum Gasteiger partial charge on any atom is 0.313 e. The summed E-state index contributed by atoms with van der Waals surface area (Å²) in [4.78, 5) is 10.2. The van der Waals surface area contributed by atoms with Crippen LogP contribution in [-0.4, -0.2) is 21.9 Å². The van der Waals surface area contributed by atoms with Gasteiger partial charge >= 0.3 is 5.97 Å². The fraction of sp³-hybridized carbons (Fsp3) is 0.222. The van der Waals surface area contributed by atoms with Gasteiger partial charge in [0.2, 0.25) is 0 Å². The average Bonchev–Trinajstić information content (AvgIpc) is 2.08. The second-order valence-corrected chi connectivity index (χ2v) is 3.54. The van der Waals surface area contributed by atoms with Crippen molar-refractivity contribution < 1.29 is 15.0 Å². The smallest absolute Gasteiger partial charge is 0.313 e. The highest BCUT2D eigenvalue weighted by Crippen LogP contribution is 2.15. The van der Waals surface area contributed by atoms with Crippen molar-refractivity contribution in [1.29, 1.82) is 0 Å². The second-order valence-electron chi connectivity index (χ2n) is 2.55. The predicted octanol–water partition coefficient (Wildman–Crippen LogP) is 1.71. The highest BCUT2D eigenvalue weighted by Gasteiger charge is 1.98. The maximum absolute atomic E-state index is 10.2. The number of hydrogen-bond donors (Lipinski definition) is 2. The van der Waals surface area contributed by atoms with E-state index in [9.17, 15) is 4.79 Å². The first kappa shape index (κ1) is 9.92. The molecule has 0 heterocycles. The summed E-state index contributed by atoms with van der Waals surface area (Å²) in [5, 5.41) is 17.3. The molecule has 0 aliphatic rings. The molecule has 0 atom stereocenters. The molecule has 0 fully saturated rings. The van der Waals surface area contributed by atoms with E-state index < -0.39 is 5.97 Å². The van der Waals surface area contributed by atoms with Gasteiger partial charge in [-0.15, -0.1) is 11.8 Å². The van der Waals surface area contributed by atoms with Crippen molar-refractivity contribution in [2.45, 2.75) is 5.75 Å². The summed E-state index contributed by atoms with van der Waals surface area (Å²) < 4.78 is 0. The van der Waals surface area contributed by atoms with Gasteiger partial charge in [0.1, 0.15) is 5.75 Å². The van der Waals surface area contributed by atoms with Crippen molar-refractivity contribution in [1.82, 2.24) is 0 Å². The van der Waals surface area contributed by atoms with Crippen molar-refractivity contribution in [3.63, 3.8) is 0 Å². The van der Waals surface area contributed by atoms with Crippen molar-refractivity contribution in [2.75, 3.05) is 5.75 Å². The van der Waals surface area contributed by atoms with E-state index in [0.717, 1.165) is 5.56 Å². The van der Waals surface area contributed by atoms with E-state index in [4.69, 9.17) is 10.2 Å². The van der Waals surface area contributed by atoms with Crippen LogP contribution < -0.4 is 0 Å². The van der Waals surface area contributed by atoms with E-state index >= 15 is 0 Å². The molecule has 3 nitrogen and oxygen atoms in total. The molecule has 0 unspecified atom stereocenters. The first-order valence-electron chi connectivity index (χ1n) is 3.76. The van der Waals surface area contributed by atoms with E-state index in [0.29, 0.717) is 5.75 Å². The van der Waals surface area contributed by atoms with Crippen LogP contribution in [0.1, 0.15) is 5.56 Å². The predicted molar refractivity (Wildman–Crippen MR) is 51.9 cm³/mol. The lowest BCUT2D eigenvalue weighted by Crippen LogP contribution is -1.97. The number of carboxylic acid groups (broad SMARTS) is 1. The Labute approximate surface area is 80.4 Å². The molecular formula is C9H10O3S. The third-order valence-corrected chi connectivity index (χ3v) is 2.42. The number of carbonyl (C=O) groups is 1. The Bertz CT molecular complexity index is 281. The number of benzene rings is 1. The zero-order chi connectivity index (χ0) is 9.68. The average molecular weight is 198 g/mol. The fourth-order valence-electron chi connectivity index (χ4n) is 0.848. The molecule has 70 valence electrons. The first-order chi connectivity index (χ1) is 6.18. The van der Waals surface area contributed by atoms with E-state index in [1.54, 1.807) is 24.3 Å². The van der Waals surface area contributed by atoms with Crippen LogP contribution in [0, 0.1) is 0 Å². The quantitative estimate of drug-likeness (QED) is 0.773. The molecule has 2 N–H and O–H groups in total. The third-order valence-electron chi connectivity index (χ3n) is 1.43. The van der Waals surface area contributed by atoms with Gasteiger partial charge in [-0.1, -0.05) is 12.1 Å². The van der Waals surface area contributed by atoms with Crippen molar-refractivity contribution in [3.8, 4) is 5.75 Å². The lowest BCUT2D eigenvalue weighted by Gasteiger charge is -1.99. The number of carboxylic acids is 1. The van der Waals surface area contributed by atoms with Gasteiger partial charge < -0.3 is 10.2 Å². The van der Waals surface area contributed by atoms with E-state index in [2.05, 4.69) is 0 Å². The summed E-state index contributed by atoms with van der Waals surface area (Å²) in [6.07, 6.45) is 0. The molecule has 0 bridgehead atoms. The molecule has 1 aromatic rings. The lowest BCUT2D eigenvalue weighted by molar-refractivity contribution is -0.133. The minimum Gasteiger partial charge on any atom is -0.508 e. The van der Waals surface area contributed by atoms with Crippen molar-refractivity contribution in [3.05, 3.63) is 29.8 Å². The number of aromatic hydroxyl groups is 1. The SMILES string of the molecule is O=C(O)CSCc1ccc(O)cc1. The standard InChI is InChI=1S/C9H10O3S/c10-8-3-1-7(2-4-8)5-13-6-9(11)12/h1-4,10H,5-6H2,(H,11,12). The van der Waals surface area contributed by atoms with Gasteiger partial charge in [-0.05, 0) is 17.7 Å². The molecule has 1 aromatic carbocycles. The molecule has 4 heteroatoms. The largest absolute Gasteiger partial charge is 0.508 e. The van der Waals surface area contributed by atoms with Crippen LogP contribution >= 0.6 is 11.8 Å². The fourth-order valence-corrected chi connectivity index (χ4v) is 1.55. The van der Waals surface area contributed by atoms with Crippen LogP contribution in [0.15, 0.2) is 24.3 Å². The van der Waals surface area contributed by atoms with E-state index in [1.165, 1.54) is 11.8 Å². The number of rotatable bonds is 4. The molecule has 0 amide bonds. The Morgan fingerprint density at radius 3 is 2.46 bits per heavy atom. The molecule has 0 saturated heterocycles. The Balaban J connectivity index is 2.37. The molecule has 0 spiro atoms. The first-order valence-corrected chi connectivity index (χ1v) is 4.91. The van der Waals surface area contributed by atoms with Crippen molar-refractivity contribution in [2.24, 2.45) is 0 Å². The Kier molecular flexibility index (Phi) is 3.64. The van der Waals surface area contributed by atoms with Gasteiger partial charge in [-0.25, -0.2) is 0 Å². The molecule has 1 rings (SSSR count). The molecule has 0 aliphatic heterocycles. The summed E-state index contributed by atoms with van der Waals surface area (Å²) >= 11 is 1.34. The van der Waals surface area contributed by atoms with Gasteiger partial charge in [0, 0.05) is 5.75 Å². The van der Waals surface area contributed by atoms with Gasteiger partial charge in [0.05, 0.1) is 5.75 Å². The number of hydrogen-bond acceptors (Lipinski definition) is 3. The normalized spacial score (nSPS) is 9.85. The van der Waals surface area contributed by atoms with Crippen LogP contribution in [0.2, 0.25) is 0 Å². The number of phenols is 1. The summed E-state index contributed by atoms with van der Waals surface area (Å²) in [5.74, 6) is 0.198. The molecule has 0 radical (unpaired) electrons. The molecule has 0 aliphatic carbocycles. The highest BCUT2D eigenvalue weighted by molar-refractivity contribution is 7.99. The van der Waals surface area contributed by atoms with Crippen LogP contribution in [0.3, 0.4) is 0 Å². The minimum atomic E-state index is -0.802. The molecule has 13 heavy (non-hydrogen) atoms. The summed E-state index contributed by atoms with van der Waals surface area (Å²) in [5.41, 5.74) is 1.02. The third kappa shape index (κ3) is 3.85. The lowest BCUT2D eigenvalue weighted by atomic mass is 10.2. The zero-order valence-electron chi connectivity index (χ0n) is 6.93. The summed E-state index contributed by atoms with van der Waals surface area (Å²) in [6, 6.07) is 6.75. The number of thioether (sulfide) groups is 1. The topological polar surface area (TPSA) is 57.5 Å². The van der Waals surface area contributed by atoms with Gasteiger partial charge in [-0.3, -0.25) is 4.79 Å². The number of phenolic OH excluding ortho intramolecular Hbond substituents is 1. The van der Waals surface area contributed by atoms with Gasteiger partial charge in [0.25, 0.3) is 0 Å². The Morgan fingerprint density at radius 2 is 1.92 bits per heavy atom. The van der Waals surface area contributed by atoms with Crippen LogP contribution in [-0.2, 0) is 10.5 Å².